The molecule has 1 aliphatic heterocycles. The van der Waals surface area contributed by atoms with Gasteiger partial charge in [0.05, 0.1) is 51.1 Å². The fraction of sp³-hybridized carbons (Fsp3) is 0.467. The molecule has 2 aromatic carbocycles. The average Bonchev–Trinajstić information content (AvgIpc) is 3.22. The minimum absolute atomic E-state index is 0.00906. The number of carbonyl (C=O) groups excluding carboxylic acids is 1. The van der Waals surface area contributed by atoms with E-state index in [1.165, 1.54) is 24.8 Å². The van der Waals surface area contributed by atoms with Gasteiger partial charge in [0.15, 0.2) is 0 Å². The van der Waals surface area contributed by atoms with E-state index < -0.39 is 5.97 Å². The number of carbonyl (C=O) groups is 2. The summed E-state index contributed by atoms with van der Waals surface area (Å²) in [5, 5.41) is 11.5. The zero-order valence-electron chi connectivity index (χ0n) is 22.5. The van der Waals surface area contributed by atoms with Crippen LogP contribution in [0.4, 0.5) is 0 Å². The van der Waals surface area contributed by atoms with E-state index in [1.54, 1.807) is 12.1 Å². The molecule has 0 spiro atoms. The number of likely N-dealkylation sites (N-methyl/N-ethyl adjacent to an activating group) is 1. The van der Waals surface area contributed by atoms with E-state index in [-0.39, 0.29) is 24.2 Å². The first kappa shape index (κ1) is 26.7. The molecule has 1 aromatic heterocycles. The molecule has 0 bridgehead atoms. The number of halogens is 1. The number of amides is 1. The highest BCUT2D eigenvalue weighted by molar-refractivity contribution is 6.30. The van der Waals surface area contributed by atoms with Crippen molar-refractivity contribution in [2.24, 2.45) is 0 Å². The fourth-order valence-corrected chi connectivity index (χ4v) is 6.08. The van der Waals surface area contributed by atoms with Crippen molar-refractivity contribution in [1.82, 2.24) is 9.47 Å². The van der Waals surface area contributed by atoms with E-state index in [2.05, 4.69) is 21.1 Å². The van der Waals surface area contributed by atoms with Crippen LogP contribution in [0.1, 0.15) is 53.9 Å². The van der Waals surface area contributed by atoms with Crippen molar-refractivity contribution < 1.29 is 23.9 Å². The maximum Gasteiger partial charge on any atom is 0.335 e. The molecule has 8 heteroatoms. The fourth-order valence-electron chi connectivity index (χ4n) is 5.96. The summed E-state index contributed by atoms with van der Waals surface area (Å²) < 4.78 is 8.63. The predicted molar refractivity (Wildman–Crippen MR) is 150 cm³/mol. The highest BCUT2D eigenvalue weighted by Gasteiger charge is 2.34. The first-order valence-corrected chi connectivity index (χ1v) is 13.9. The van der Waals surface area contributed by atoms with E-state index in [4.69, 9.17) is 16.3 Å². The number of morpholine rings is 1. The average molecular weight is 539 g/mol. The lowest BCUT2D eigenvalue weighted by atomic mass is 9.82. The molecule has 1 saturated carbocycles. The molecule has 1 amide bonds. The van der Waals surface area contributed by atoms with Crippen LogP contribution in [0.15, 0.2) is 42.5 Å². The molecular formula is C30H37ClN3O4+. The number of nitrogens with zero attached hydrogens (tertiary/aromatic N) is 3. The summed E-state index contributed by atoms with van der Waals surface area (Å²) in [6.45, 7) is 1.70. The Labute approximate surface area is 229 Å². The summed E-state index contributed by atoms with van der Waals surface area (Å²) >= 11 is 6.25. The first-order chi connectivity index (χ1) is 18.1. The Bertz CT molecular complexity index is 1340. The summed E-state index contributed by atoms with van der Waals surface area (Å²) in [5.74, 6) is -0.609. The highest BCUT2D eigenvalue weighted by Crippen LogP contribution is 2.44. The number of carboxylic acids is 1. The topological polar surface area (TPSA) is 71.8 Å². The molecule has 2 fully saturated rings. The Morgan fingerprint density at radius 3 is 2.42 bits per heavy atom. The second kappa shape index (κ2) is 10.7. The normalized spacial score (nSPS) is 19.2. The van der Waals surface area contributed by atoms with Crippen LogP contribution in [0.5, 0.6) is 0 Å². The lowest BCUT2D eigenvalue weighted by Crippen LogP contribution is -2.58. The zero-order valence-corrected chi connectivity index (χ0v) is 23.2. The van der Waals surface area contributed by atoms with Crippen molar-refractivity contribution in [1.29, 1.82) is 0 Å². The summed E-state index contributed by atoms with van der Waals surface area (Å²) in [6, 6.07) is 13.1. The summed E-state index contributed by atoms with van der Waals surface area (Å²) in [4.78, 5) is 27.7. The Hall–Kier alpha value is -2.87. The molecule has 38 heavy (non-hydrogen) atoms. The van der Waals surface area contributed by atoms with Crippen LogP contribution >= 0.6 is 11.6 Å². The number of aromatic nitrogens is 1. The van der Waals surface area contributed by atoms with Gasteiger partial charge in [0.2, 0.25) is 12.1 Å². The van der Waals surface area contributed by atoms with Gasteiger partial charge in [0.25, 0.3) is 0 Å². The van der Waals surface area contributed by atoms with Crippen LogP contribution in [0.3, 0.4) is 0 Å². The minimum atomic E-state index is -0.975. The van der Waals surface area contributed by atoms with Gasteiger partial charge >= 0.3 is 5.97 Å². The van der Waals surface area contributed by atoms with Crippen LogP contribution in [-0.2, 0) is 16.1 Å². The third kappa shape index (κ3) is 5.33. The van der Waals surface area contributed by atoms with Crippen molar-refractivity contribution in [2.75, 3.05) is 40.8 Å². The number of carboxylic acid groups (broad SMARTS) is 1. The van der Waals surface area contributed by atoms with Crippen LogP contribution in [-0.4, -0.2) is 78.0 Å². The Balaban J connectivity index is 1.65. The zero-order chi connectivity index (χ0) is 27.0. The van der Waals surface area contributed by atoms with Gasteiger partial charge in [-0.15, -0.1) is 0 Å². The monoisotopic (exact) mass is 538 g/mol. The van der Waals surface area contributed by atoms with E-state index in [0.29, 0.717) is 35.1 Å². The lowest BCUT2D eigenvalue weighted by Gasteiger charge is -2.40. The number of quaternary nitrogens is 1. The molecule has 202 valence electrons. The predicted octanol–water partition coefficient (Wildman–Crippen LogP) is 5.60. The Morgan fingerprint density at radius 2 is 1.76 bits per heavy atom. The standard InChI is InChI=1S/C30H36ClN3O4/c1-34(2,3)27-19-32(15-16-38-27)26(35)18-33-25-17-22(30(36)37)11-14-24(25)28(20-7-5-4-6-8-20)29(33)21-9-12-23(31)13-10-21/h9-14,17,20,27H,4-8,15-16,18-19H2,1-3H3/p+1. The molecule has 2 aliphatic rings. The number of rotatable bonds is 6. The van der Waals surface area contributed by atoms with Crippen molar-refractivity contribution in [3.63, 3.8) is 0 Å². The second-order valence-corrected chi connectivity index (χ2v) is 11.9. The maximum atomic E-state index is 13.8. The van der Waals surface area contributed by atoms with Crippen molar-refractivity contribution in [2.45, 2.75) is 50.8 Å². The van der Waals surface area contributed by atoms with Crippen LogP contribution in [0, 0.1) is 0 Å². The number of hydrogen-bond donors (Lipinski definition) is 1. The molecule has 0 radical (unpaired) electrons. The summed E-state index contributed by atoms with van der Waals surface area (Å²) in [5.41, 5.74) is 4.22. The van der Waals surface area contributed by atoms with E-state index in [0.717, 1.165) is 35.0 Å². The van der Waals surface area contributed by atoms with Crippen molar-refractivity contribution in [3.8, 4) is 11.3 Å². The quantitative estimate of drug-likeness (QED) is 0.415. The summed E-state index contributed by atoms with van der Waals surface area (Å²) in [7, 11) is 6.21. The van der Waals surface area contributed by atoms with Crippen LogP contribution in [0.25, 0.3) is 22.2 Å². The number of hydrogen-bond acceptors (Lipinski definition) is 3. The van der Waals surface area contributed by atoms with Gasteiger partial charge in [-0.1, -0.05) is 49.1 Å². The molecular weight excluding hydrogens is 502 g/mol. The lowest BCUT2D eigenvalue weighted by molar-refractivity contribution is -0.920. The van der Waals surface area contributed by atoms with Gasteiger partial charge in [0, 0.05) is 17.0 Å². The molecule has 1 N–H and O–H groups in total. The molecule has 1 aliphatic carbocycles. The summed E-state index contributed by atoms with van der Waals surface area (Å²) in [6.07, 6.45) is 5.65. The van der Waals surface area contributed by atoms with Crippen molar-refractivity contribution in [3.05, 3.63) is 58.6 Å². The molecule has 2 heterocycles. The smallest absolute Gasteiger partial charge is 0.335 e. The number of fused-ring (bicyclic) bond motifs is 1. The maximum absolute atomic E-state index is 13.8. The van der Waals surface area contributed by atoms with Gasteiger partial charge in [-0.2, -0.15) is 0 Å². The molecule has 1 unspecified atom stereocenters. The largest absolute Gasteiger partial charge is 0.478 e. The first-order valence-electron chi connectivity index (χ1n) is 13.5. The molecule has 5 rings (SSSR count). The molecule has 1 atom stereocenters. The number of aromatic carboxylic acids is 1. The van der Waals surface area contributed by atoms with Gasteiger partial charge < -0.3 is 23.8 Å². The van der Waals surface area contributed by atoms with Crippen LogP contribution < -0.4 is 0 Å². The van der Waals surface area contributed by atoms with Crippen LogP contribution in [0.2, 0.25) is 5.02 Å². The Morgan fingerprint density at radius 1 is 1.05 bits per heavy atom. The minimum Gasteiger partial charge on any atom is -0.478 e. The molecule has 7 nitrogen and oxygen atoms in total. The van der Waals surface area contributed by atoms with Gasteiger partial charge in [-0.3, -0.25) is 4.79 Å². The van der Waals surface area contributed by atoms with Crippen molar-refractivity contribution >= 4 is 34.4 Å². The van der Waals surface area contributed by atoms with E-state index in [1.807, 2.05) is 39.8 Å². The Kier molecular flexibility index (Phi) is 7.54. The van der Waals surface area contributed by atoms with Gasteiger partial charge in [0.1, 0.15) is 6.54 Å². The third-order valence-corrected chi connectivity index (χ3v) is 8.29. The second-order valence-electron chi connectivity index (χ2n) is 11.5. The molecule has 1 saturated heterocycles. The van der Waals surface area contributed by atoms with Gasteiger partial charge in [-0.25, -0.2) is 4.79 Å². The van der Waals surface area contributed by atoms with E-state index in [9.17, 15) is 14.7 Å². The SMILES string of the molecule is C[N+](C)(C)C1CN(C(=O)Cn2c(-c3ccc(Cl)cc3)c(C3CCCCC3)c3ccc(C(=O)O)cc32)CCO1. The van der Waals surface area contributed by atoms with E-state index >= 15 is 0 Å². The molecule has 3 aromatic rings. The number of benzene rings is 2. The number of ether oxygens (including phenoxy) is 1. The third-order valence-electron chi connectivity index (χ3n) is 8.04. The van der Waals surface area contributed by atoms with Gasteiger partial charge in [-0.05, 0) is 54.2 Å². The highest BCUT2D eigenvalue weighted by atomic mass is 35.5.